The Balaban J connectivity index is -0.000000452. The summed E-state index contributed by atoms with van der Waals surface area (Å²) in [5.41, 5.74) is 0. The average molecular weight is 382 g/mol. The van der Waals surface area contributed by atoms with E-state index < -0.39 is 12.9 Å². The normalized spacial score (nSPS) is 10.3. The number of nitro groups is 1. The van der Waals surface area contributed by atoms with E-state index in [2.05, 4.69) is 20.7 Å². The maximum absolute atomic E-state index is 10.1. The van der Waals surface area contributed by atoms with E-state index in [1.165, 1.54) is 18.4 Å². The van der Waals surface area contributed by atoms with Crippen LogP contribution in [0.3, 0.4) is 0 Å². The highest BCUT2D eigenvalue weighted by Gasteiger charge is 2.04. The van der Waals surface area contributed by atoms with Gasteiger partial charge >= 0.3 is 7.82 Å². The van der Waals surface area contributed by atoms with E-state index in [0.717, 1.165) is 4.88 Å². The van der Waals surface area contributed by atoms with Gasteiger partial charge in [0.05, 0.1) is 6.54 Å². The number of thiazole rings is 1. The van der Waals surface area contributed by atoms with Crippen LogP contribution >= 0.6 is 30.8 Å². The van der Waals surface area contributed by atoms with Crippen LogP contribution in [0.25, 0.3) is 0 Å². The first-order chi connectivity index (χ1) is 9.11. The predicted octanol–water partition coefficient (Wildman–Crippen LogP) is 0.0486. The maximum Gasteiger partial charge on any atom is 0.466 e. The van der Waals surface area contributed by atoms with Crippen LogP contribution in [0.2, 0.25) is 4.47 Å². The number of rotatable bonds is 3. The summed E-state index contributed by atoms with van der Waals surface area (Å²) in [6.07, 6.45) is 1.60. The molecular weight excluding hydrogens is 365 g/mol. The molecule has 0 spiro atoms. The standard InChI is InChI=1S/C6H8ClN5O2S.2H3N.H3O4P/c1-8-6(11-12(13)14)10-3-4-2-9-5(7)15-4;;;1-5(2,3)4/h2H,3H2,1H3,(H2,8,10,11);2*1H3;(H3,1,2,3,4). The van der Waals surface area contributed by atoms with Crippen molar-refractivity contribution in [2.75, 3.05) is 7.05 Å². The third-order valence-electron chi connectivity index (χ3n) is 1.37. The molecule has 130 valence electrons. The van der Waals surface area contributed by atoms with E-state index in [1.807, 2.05) is 0 Å². The number of aromatic nitrogens is 1. The lowest BCUT2D eigenvalue weighted by Gasteiger charge is -2.02. The summed E-state index contributed by atoms with van der Waals surface area (Å²) in [6, 6.07) is 0. The molecule has 0 aliphatic rings. The van der Waals surface area contributed by atoms with E-state index in [0.29, 0.717) is 11.0 Å². The van der Waals surface area contributed by atoms with Gasteiger partial charge in [-0.05, 0) is 0 Å². The first-order valence-electron chi connectivity index (χ1n) is 4.65. The Morgan fingerprint density at radius 1 is 1.55 bits per heavy atom. The lowest BCUT2D eigenvalue weighted by molar-refractivity contribution is -0.485. The average Bonchev–Trinajstić information content (AvgIpc) is 2.67. The molecule has 1 heterocycles. The quantitative estimate of drug-likeness (QED) is 0.121. The van der Waals surface area contributed by atoms with Crippen LogP contribution in [0, 0.1) is 10.1 Å². The first kappa shape index (κ1) is 25.6. The summed E-state index contributed by atoms with van der Waals surface area (Å²) >= 11 is 6.92. The van der Waals surface area contributed by atoms with Crippen molar-refractivity contribution in [3.63, 3.8) is 0 Å². The van der Waals surface area contributed by atoms with Crippen molar-refractivity contribution in [3.05, 3.63) is 25.7 Å². The second-order valence-corrected chi connectivity index (χ2v) is 5.61. The van der Waals surface area contributed by atoms with Gasteiger partial charge in [-0.2, -0.15) is 0 Å². The monoisotopic (exact) mass is 381 g/mol. The molecule has 1 aromatic rings. The summed E-state index contributed by atoms with van der Waals surface area (Å²) in [7, 11) is -3.10. The predicted molar refractivity (Wildman–Crippen MR) is 81.8 cm³/mol. The highest BCUT2D eigenvalue weighted by molar-refractivity contribution is 7.45. The van der Waals surface area contributed by atoms with Gasteiger partial charge in [-0.3, -0.25) is 0 Å². The number of guanidine groups is 1. The molecule has 0 atom stereocenters. The highest BCUT2D eigenvalue weighted by atomic mass is 35.5. The molecule has 11 N–H and O–H groups in total. The lowest BCUT2D eigenvalue weighted by Crippen LogP contribution is -2.34. The van der Waals surface area contributed by atoms with Crippen molar-refractivity contribution in [1.82, 2.24) is 27.9 Å². The van der Waals surface area contributed by atoms with Crippen LogP contribution < -0.4 is 22.9 Å². The molecule has 0 saturated carbocycles. The Hall–Kier alpha value is -1.38. The number of nitrogens with zero attached hydrogens (tertiary/aromatic N) is 3. The Labute approximate surface area is 134 Å². The number of nitrogens with one attached hydrogen (secondary N) is 2. The summed E-state index contributed by atoms with van der Waals surface area (Å²) in [6.45, 7) is 0.387. The fourth-order valence-corrected chi connectivity index (χ4v) is 1.71. The lowest BCUT2D eigenvalue weighted by atomic mass is 10.5. The van der Waals surface area contributed by atoms with Crippen LogP contribution in [-0.4, -0.2) is 37.7 Å². The molecular formula is C6H17ClN7O6PS. The van der Waals surface area contributed by atoms with Crippen molar-refractivity contribution in [3.8, 4) is 0 Å². The third-order valence-corrected chi connectivity index (χ3v) is 2.49. The summed E-state index contributed by atoms with van der Waals surface area (Å²) in [4.78, 5) is 36.4. The van der Waals surface area contributed by atoms with Crippen molar-refractivity contribution < 1.29 is 24.3 Å². The molecule has 0 bridgehead atoms. The highest BCUT2D eigenvalue weighted by Crippen LogP contribution is 2.25. The molecule has 0 radical (unpaired) electrons. The van der Waals surface area contributed by atoms with Crippen LogP contribution in [0.5, 0.6) is 0 Å². The topological polar surface area (TPSA) is 240 Å². The molecule has 0 aliphatic carbocycles. The second-order valence-electron chi connectivity index (χ2n) is 2.88. The zero-order valence-electron chi connectivity index (χ0n) is 11.3. The zero-order chi connectivity index (χ0) is 15.8. The Morgan fingerprint density at radius 3 is 2.36 bits per heavy atom. The van der Waals surface area contributed by atoms with Gasteiger partial charge in [0.2, 0.25) is 0 Å². The van der Waals surface area contributed by atoms with Crippen molar-refractivity contribution in [1.29, 1.82) is 0 Å². The smallest absolute Gasteiger partial charge is 0.354 e. The van der Waals surface area contributed by atoms with E-state index in [1.54, 1.807) is 6.20 Å². The van der Waals surface area contributed by atoms with Gasteiger partial charge in [-0.1, -0.05) is 11.6 Å². The van der Waals surface area contributed by atoms with E-state index >= 15 is 0 Å². The van der Waals surface area contributed by atoms with E-state index in [-0.39, 0.29) is 18.3 Å². The van der Waals surface area contributed by atoms with E-state index in [4.69, 9.17) is 30.8 Å². The number of halogens is 1. The van der Waals surface area contributed by atoms with Gasteiger partial charge in [0.15, 0.2) is 9.50 Å². The largest absolute Gasteiger partial charge is 0.466 e. The van der Waals surface area contributed by atoms with Gasteiger partial charge < -0.3 is 37.6 Å². The number of hydrogen-bond donors (Lipinski definition) is 7. The Morgan fingerprint density at radius 2 is 2.05 bits per heavy atom. The summed E-state index contributed by atoms with van der Waals surface area (Å²) < 4.78 is 9.32. The molecule has 22 heavy (non-hydrogen) atoms. The molecule has 0 fully saturated rings. The number of phosphoric acid groups is 1. The van der Waals surface area contributed by atoms with Crippen LogP contribution in [-0.2, 0) is 11.1 Å². The van der Waals surface area contributed by atoms with Gasteiger partial charge in [0.25, 0.3) is 5.96 Å². The maximum atomic E-state index is 10.1. The minimum atomic E-state index is -4.64. The molecule has 13 nitrogen and oxygen atoms in total. The van der Waals surface area contributed by atoms with Gasteiger partial charge in [-0.25, -0.2) is 19.7 Å². The number of hydrazone groups is 1. The van der Waals surface area contributed by atoms with Crippen LogP contribution in [0.1, 0.15) is 4.88 Å². The molecule has 0 amide bonds. The van der Waals surface area contributed by atoms with Crippen LogP contribution in [0.15, 0.2) is 11.3 Å². The minimum Gasteiger partial charge on any atom is -0.354 e. The fourth-order valence-electron chi connectivity index (χ4n) is 0.792. The van der Waals surface area contributed by atoms with E-state index in [9.17, 15) is 10.1 Å². The fraction of sp³-hybridized carbons (Fsp3) is 0.333. The van der Waals surface area contributed by atoms with Crippen molar-refractivity contribution in [2.24, 2.45) is 5.10 Å². The Kier molecular flexibility index (Phi) is 14.2. The van der Waals surface area contributed by atoms with Gasteiger partial charge in [0, 0.05) is 18.1 Å². The molecule has 1 rings (SSSR count). The minimum absolute atomic E-state index is 0. The molecule has 0 unspecified atom stereocenters. The van der Waals surface area contributed by atoms with Crippen molar-refractivity contribution in [2.45, 2.75) is 6.54 Å². The van der Waals surface area contributed by atoms with Crippen LogP contribution in [0.4, 0.5) is 0 Å². The first-order valence-corrected chi connectivity index (χ1v) is 7.41. The number of hydrogen-bond acceptors (Lipinski definition) is 7. The Bertz CT molecular complexity index is 513. The molecule has 1 aromatic heterocycles. The zero-order valence-corrected chi connectivity index (χ0v) is 13.8. The summed E-state index contributed by atoms with van der Waals surface area (Å²) in [5, 5.41) is 17.7. The second kappa shape index (κ2) is 12.2. The third kappa shape index (κ3) is 16.7. The van der Waals surface area contributed by atoms with Gasteiger partial charge in [0.1, 0.15) is 5.10 Å². The van der Waals surface area contributed by atoms with Crippen molar-refractivity contribution >= 4 is 36.7 Å². The summed E-state index contributed by atoms with van der Waals surface area (Å²) in [5.74, 6) is 0.0875. The molecule has 0 aliphatic heterocycles. The molecule has 16 heteroatoms. The van der Waals surface area contributed by atoms with Gasteiger partial charge in [-0.15, -0.1) is 11.3 Å². The SMILES string of the molecule is CN/C(=N\[N+](=O)[O-])NCc1cnc(Cl)s1.N.N.O=P(O)(O)O. The molecule has 0 aromatic carbocycles. The molecule has 0 saturated heterocycles.